The highest BCUT2D eigenvalue weighted by molar-refractivity contribution is 7.05. The van der Waals surface area contributed by atoms with Crippen LogP contribution >= 0.6 is 11.5 Å². The number of carbonyl (C=O) groups is 1. The molecule has 0 aliphatic rings. The maximum absolute atomic E-state index is 11.5. The first-order valence-electron chi connectivity index (χ1n) is 6.82. The minimum atomic E-state index is -0.870. The molecule has 0 aliphatic heterocycles. The minimum absolute atomic E-state index is 0.403. The van der Waals surface area contributed by atoms with Crippen molar-refractivity contribution in [3.8, 4) is 5.75 Å². The lowest BCUT2D eigenvalue weighted by Crippen LogP contribution is -2.14. The Balaban J connectivity index is 2.15. The van der Waals surface area contributed by atoms with Gasteiger partial charge in [0.2, 0.25) is 0 Å². The first-order chi connectivity index (χ1) is 10.1. The number of hydrogen-bond acceptors (Lipinski definition) is 5. The summed E-state index contributed by atoms with van der Waals surface area (Å²) in [6.45, 7) is 2.05. The fourth-order valence-corrected chi connectivity index (χ4v) is 2.80. The van der Waals surface area contributed by atoms with E-state index in [9.17, 15) is 9.90 Å². The number of methoxy groups -OCH3 is 1. The largest absolute Gasteiger partial charge is 0.497 e. The third kappa shape index (κ3) is 4.01. The molecular formula is C15H18N2O3S. The van der Waals surface area contributed by atoms with Gasteiger partial charge in [-0.05, 0) is 42.1 Å². The molecule has 1 aromatic heterocycles. The number of aryl methyl sites for hydroxylation is 1. The molecule has 0 fully saturated rings. The van der Waals surface area contributed by atoms with E-state index < -0.39 is 11.9 Å². The van der Waals surface area contributed by atoms with E-state index in [1.807, 2.05) is 31.2 Å². The fourth-order valence-electron chi connectivity index (χ4n) is 2.01. The number of ether oxygens (including phenoxy) is 1. The average Bonchev–Trinajstić information content (AvgIpc) is 2.93. The van der Waals surface area contributed by atoms with E-state index >= 15 is 0 Å². The van der Waals surface area contributed by atoms with Gasteiger partial charge in [0.15, 0.2) is 0 Å². The summed E-state index contributed by atoms with van der Waals surface area (Å²) < 4.78 is 9.33. The van der Waals surface area contributed by atoms with Crippen molar-refractivity contribution in [1.82, 2.24) is 9.36 Å². The number of nitrogens with zero attached hydrogens (tertiary/aromatic N) is 2. The number of aliphatic carboxylic acids is 1. The van der Waals surface area contributed by atoms with Gasteiger partial charge < -0.3 is 9.84 Å². The van der Waals surface area contributed by atoms with Crippen LogP contribution in [0.4, 0.5) is 0 Å². The standard InChI is InChI=1S/C15H18N2O3S/c1-3-4-13-16-14(21-17-13)12(15(18)19)9-10-5-7-11(20-2)8-6-10/h5-8,12H,3-4,9H2,1-2H3,(H,18,19). The van der Waals surface area contributed by atoms with E-state index in [0.717, 1.165) is 30.0 Å². The first kappa shape index (κ1) is 15.4. The molecule has 1 aromatic carbocycles. The second-order valence-corrected chi connectivity index (χ2v) is 5.53. The van der Waals surface area contributed by atoms with Gasteiger partial charge in [-0.1, -0.05) is 19.1 Å². The molecule has 0 bridgehead atoms. The first-order valence-corrected chi connectivity index (χ1v) is 7.59. The monoisotopic (exact) mass is 306 g/mol. The molecule has 2 rings (SSSR count). The molecule has 1 atom stereocenters. The van der Waals surface area contributed by atoms with Gasteiger partial charge in [0.05, 0.1) is 7.11 Å². The van der Waals surface area contributed by atoms with Crippen LogP contribution in [0, 0.1) is 0 Å². The zero-order valence-corrected chi connectivity index (χ0v) is 12.9. The third-order valence-electron chi connectivity index (χ3n) is 3.15. The number of hydrogen-bond donors (Lipinski definition) is 1. The summed E-state index contributed by atoms with van der Waals surface area (Å²) in [5, 5.41) is 10.0. The van der Waals surface area contributed by atoms with Crippen LogP contribution in [0.15, 0.2) is 24.3 Å². The molecule has 1 heterocycles. The quantitative estimate of drug-likeness (QED) is 0.851. The maximum atomic E-state index is 11.5. The normalized spacial score (nSPS) is 12.1. The van der Waals surface area contributed by atoms with Crippen molar-refractivity contribution in [2.75, 3.05) is 7.11 Å². The van der Waals surface area contributed by atoms with Crippen molar-refractivity contribution in [1.29, 1.82) is 0 Å². The summed E-state index contributed by atoms with van der Waals surface area (Å²) in [7, 11) is 1.60. The predicted octanol–water partition coefficient (Wildman–Crippen LogP) is 2.91. The topological polar surface area (TPSA) is 72.3 Å². The highest BCUT2D eigenvalue weighted by Crippen LogP contribution is 2.24. The van der Waals surface area contributed by atoms with Gasteiger partial charge in [-0.15, -0.1) is 0 Å². The second kappa shape index (κ2) is 7.17. The van der Waals surface area contributed by atoms with Crippen LogP contribution in [-0.4, -0.2) is 27.5 Å². The summed E-state index contributed by atoms with van der Waals surface area (Å²) in [5.41, 5.74) is 0.940. The van der Waals surface area contributed by atoms with Gasteiger partial charge in [0.25, 0.3) is 0 Å². The molecule has 0 spiro atoms. The number of benzene rings is 1. The van der Waals surface area contributed by atoms with Crippen LogP contribution in [0.5, 0.6) is 5.75 Å². The van der Waals surface area contributed by atoms with Crippen molar-refractivity contribution in [2.45, 2.75) is 32.1 Å². The van der Waals surface area contributed by atoms with Crippen molar-refractivity contribution < 1.29 is 14.6 Å². The van der Waals surface area contributed by atoms with Gasteiger partial charge in [0, 0.05) is 6.42 Å². The minimum Gasteiger partial charge on any atom is -0.497 e. The number of aromatic nitrogens is 2. The molecule has 0 saturated heterocycles. The fraction of sp³-hybridized carbons (Fsp3) is 0.400. The van der Waals surface area contributed by atoms with Crippen molar-refractivity contribution in [3.63, 3.8) is 0 Å². The Morgan fingerprint density at radius 3 is 2.67 bits per heavy atom. The van der Waals surface area contributed by atoms with E-state index in [2.05, 4.69) is 9.36 Å². The van der Waals surface area contributed by atoms with Gasteiger partial charge in [-0.2, -0.15) is 4.37 Å². The van der Waals surface area contributed by atoms with Crippen LogP contribution in [-0.2, 0) is 17.6 Å². The summed E-state index contributed by atoms with van der Waals surface area (Å²) in [6, 6.07) is 7.42. The molecule has 0 amide bonds. The van der Waals surface area contributed by atoms with Crippen molar-refractivity contribution in [3.05, 3.63) is 40.7 Å². The zero-order chi connectivity index (χ0) is 15.2. The SMILES string of the molecule is CCCc1nsc(C(Cc2ccc(OC)cc2)C(=O)O)n1. The average molecular weight is 306 g/mol. The zero-order valence-electron chi connectivity index (χ0n) is 12.1. The Bertz CT molecular complexity index is 595. The molecule has 6 heteroatoms. The van der Waals surface area contributed by atoms with Crippen LogP contribution < -0.4 is 4.74 Å². The Kier molecular flexibility index (Phi) is 5.27. The molecule has 5 nitrogen and oxygen atoms in total. The maximum Gasteiger partial charge on any atom is 0.313 e. The molecule has 112 valence electrons. The summed E-state index contributed by atoms with van der Waals surface area (Å²) in [5.74, 6) is -0.0308. The van der Waals surface area contributed by atoms with E-state index in [4.69, 9.17) is 4.74 Å². The molecule has 1 unspecified atom stereocenters. The van der Waals surface area contributed by atoms with E-state index in [-0.39, 0.29) is 0 Å². The van der Waals surface area contributed by atoms with Crippen LogP contribution in [0.3, 0.4) is 0 Å². The highest BCUT2D eigenvalue weighted by atomic mass is 32.1. The summed E-state index contributed by atoms with van der Waals surface area (Å²) in [4.78, 5) is 15.9. The lowest BCUT2D eigenvalue weighted by Gasteiger charge is -2.09. The van der Waals surface area contributed by atoms with E-state index in [0.29, 0.717) is 11.4 Å². The molecule has 2 aromatic rings. The van der Waals surface area contributed by atoms with E-state index in [1.54, 1.807) is 7.11 Å². The smallest absolute Gasteiger partial charge is 0.313 e. The van der Waals surface area contributed by atoms with Crippen LogP contribution in [0.1, 0.15) is 35.7 Å². The summed E-state index contributed by atoms with van der Waals surface area (Å²) >= 11 is 1.19. The molecular weight excluding hydrogens is 288 g/mol. The predicted molar refractivity (Wildman–Crippen MR) is 81.0 cm³/mol. The van der Waals surface area contributed by atoms with Gasteiger partial charge in [-0.3, -0.25) is 4.79 Å². The Morgan fingerprint density at radius 1 is 1.38 bits per heavy atom. The molecule has 0 aliphatic carbocycles. The lowest BCUT2D eigenvalue weighted by atomic mass is 10.00. The number of rotatable bonds is 7. The van der Waals surface area contributed by atoms with E-state index in [1.165, 1.54) is 11.5 Å². The molecule has 21 heavy (non-hydrogen) atoms. The van der Waals surface area contributed by atoms with Gasteiger partial charge >= 0.3 is 5.97 Å². The van der Waals surface area contributed by atoms with Crippen molar-refractivity contribution >= 4 is 17.5 Å². The summed E-state index contributed by atoms with van der Waals surface area (Å²) in [6.07, 6.45) is 2.14. The van der Waals surface area contributed by atoms with Gasteiger partial charge in [-0.25, -0.2) is 4.98 Å². The van der Waals surface area contributed by atoms with Crippen molar-refractivity contribution in [2.24, 2.45) is 0 Å². The van der Waals surface area contributed by atoms with Crippen LogP contribution in [0.25, 0.3) is 0 Å². The second-order valence-electron chi connectivity index (χ2n) is 4.74. The van der Waals surface area contributed by atoms with Gasteiger partial charge in [0.1, 0.15) is 22.5 Å². The molecule has 0 radical (unpaired) electrons. The highest BCUT2D eigenvalue weighted by Gasteiger charge is 2.24. The molecule has 1 N–H and O–H groups in total. The number of carboxylic acid groups (broad SMARTS) is 1. The van der Waals surface area contributed by atoms with Crippen LogP contribution in [0.2, 0.25) is 0 Å². The Hall–Kier alpha value is -1.95. The lowest BCUT2D eigenvalue weighted by molar-refractivity contribution is -0.138. The Labute approximate surface area is 127 Å². The molecule has 0 saturated carbocycles. The Morgan fingerprint density at radius 2 is 2.10 bits per heavy atom. The third-order valence-corrected chi connectivity index (χ3v) is 4.02. The number of carboxylic acids is 1.